The minimum Gasteiger partial charge on any atom is -0.240 e. The number of hydrogen-bond donors (Lipinski definition) is 0. The van der Waals surface area contributed by atoms with Crippen LogP contribution >= 0.6 is 11.8 Å². The number of hydrazine groups is 1. The van der Waals surface area contributed by atoms with Gasteiger partial charge in [0.25, 0.3) is 0 Å². The fourth-order valence-electron chi connectivity index (χ4n) is 1.82. The highest BCUT2D eigenvalue weighted by molar-refractivity contribution is 7.99. The Labute approximate surface area is 89.5 Å². The Bertz CT molecular complexity index is 272. The molecule has 0 aromatic carbocycles. The van der Waals surface area contributed by atoms with Crippen LogP contribution in [0, 0.1) is 0 Å². The molecule has 0 N–H and O–H groups in total. The molecule has 2 saturated heterocycles. The fourth-order valence-corrected chi connectivity index (χ4v) is 3.89. The van der Waals surface area contributed by atoms with Gasteiger partial charge >= 0.3 is 0 Å². The third-order valence-electron chi connectivity index (χ3n) is 2.71. The molecule has 0 amide bonds. The van der Waals surface area contributed by atoms with Crippen molar-refractivity contribution in [2.75, 3.05) is 49.2 Å². The van der Waals surface area contributed by atoms with E-state index in [0.29, 0.717) is 24.6 Å². The van der Waals surface area contributed by atoms with Crippen LogP contribution in [0.4, 0.5) is 0 Å². The topological polar surface area (TPSA) is 40.6 Å². The molecule has 0 atom stereocenters. The van der Waals surface area contributed by atoms with E-state index < -0.39 is 9.84 Å². The maximum Gasteiger partial charge on any atom is 0.152 e. The van der Waals surface area contributed by atoms with Crippen molar-refractivity contribution >= 4 is 21.6 Å². The van der Waals surface area contributed by atoms with Gasteiger partial charge in [-0.1, -0.05) is 0 Å². The molecule has 4 nitrogen and oxygen atoms in total. The first kappa shape index (κ1) is 10.7. The standard InChI is InChI=1S/C8H16N2O2S2/c11-14(12)7-3-10(4-8-14)9-1-5-13-6-2-9/h1-8H2. The summed E-state index contributed by atoms with van der Waals surface area (Å²) in [7, 11) is -2.73. The van der Waals surface area contributed by atoms with E-state index >= 15 is 0 Å². The van der Waals surface area contributed by atoms with Crippen molar-refractivity contribution in [2.45, 2.75) is 0 Å². The van der Waals surface area contributed by atoms with Crippen LogP contribution in [0.25, 0.3) is 0 Å². The molecule has 0 radical (unpaired) electrons. The highest BCUT2D eigenvalue weighted by Crippen LogP contribution is 2.14. The van der Waals surface area contributed by atoms with Crippen molar-refractivity contribution in [2.24, 2.45) is 0 Å². The summed E-state index contributed by atoms with van der Waals surface area (Å²) in [5.74, 6) is 3.00. The van der Waals surface area contributed by atoms with E-state index in [1.54, 1.807) is 0 Å². The largest absolute Gasteiger partial charge is 0.240 e. The Kier molecular flexibility index (Phi) is 3.36. The van der Waals surface area contributed by atoms with Crippen molar-refractivity contribution in [1.82, 2.24) is 10.0 Å². The van der Waals surface area contributed by atoms with Crippen LogP contribution in [-0.4, -0.2) is 67.6 Å². The SMILES string of the molecule is O=S1(=O)CCN(N2CCSCC2)CC1. The maximum atomic E-state index is 11.2. The van der Waals surface area contributed by atoms with Gasteiger partial charge < -0.3 is 0 Å². The first-order valence-electron chi connectivity index (χ1n) is 4.95. The van der Waals surface area contributed by atoms with Gasteiger partial charge in [0.15, 0.2) is 9.84 Å². The van der Waals surface area contributed by atoms with E-state index in [1.165, 1.54) is 11.5 Å². The van der Waals surface area contributed by atoms with Gasteiger partial charge in [0, 0.05) is 37.7 Å². The molecule has 14 heavy (non-hydrogen) atoms. The van der Waals surface area contributed by atoms with Crippen LogP contribution in [0.2, 0.25) is 0 Å². The monoisotopic (exact) mass is 236 g/mol. The summed E-state index contributed by atoms with van der Waals surface area (Å²) in [6.07, 6.45) is 0. The Morgan fingerprint density at radius 2 is 1.36 bits per heavy atom. The van der Waals surface area contributed by atoms with Gasteiger partial charge in [-0.25, -0.2) is 18.4 Å². The molecule has 0 spiro atoms. The average Bonchev–Trinajstić information content (AvgIpc) is 2.19. The Hall–Kier alpha value is 0.220. The maximum absolute atomic E-state index is 11.2. The minimum atomic E-state index is -2.73. The van der Waals surface area contributed by atoms with Gasteiger partial charge in [0.05, 0.1) is 11.5 Å². The molecule has 2 fully saturated rings. The van der Waals surface area contributed by atoms with Crippen molar-refractivity contribution in [3.8, 4) is 0 Å². The summed E-state index contributed by atoms with van der Waals surface area (Å²) < 4.78 is 22.5. The lowest BCUT2D eigenvalue weighted by Crippen LogP contribution is -2.53. The number of thioether (sulfide) groups is 1. The van der Waals surface area contributed by atoms with Gasteiger partial charge in [0.1, 0.15) is 0 Å². The zero-order valence-corrected chi connectivity index (χ0v) is 9.82. The molecular formula is C8H16N2O2S2. The van der Waals surface area contributed by atoms with E-state index in [2.05, 4.69) is 10.0 Å². The lowest BCUT2D eigenvalue weighted by Gasteiger charge is -2.39. The zero-order chi connectivity index (χ0) is 10.0. The van der Waals surface area contributed by atoms with Crippen LogP contribution in [0.1, 0.15) is 0 Å². The Morgan fingerprint density at radius 1 is 0.857 bits per heavy atom. The Morgan fingerprint density at radius 3 is 1.93 bits per heavy atom. The predicted molar refractivity (Wildman–Crippen MR) is 59.1 cm³/mol. The fraction of sp³-hybridized carbons (Fsp3) is 1.00. The molecule has 0 saturated carbocycles. The van der Waals surface area contributed by atoms with Gasteiger partial charge in [0.2, 0.25) is 0 Å². The van der Waals surface area contributed by atoms with Gasteiger partial charge in [-0.3, -0.25) is 0 Å². The van der Waals surface area contributed by atoms with Gasteiger partial charge in [-0.15, -0.1) is 0 Å². The van der Waals surface area contributed by atoms with Crippen molar-refractivity contribution in [3.05, 3.63) is 0 Å². The lowest BCUT2D eigenvalue weighted by molar-refractivity contribution is -0.00838. The molecule has 2 aliphatic rings. The third-order valence-corrected chi connectivity index (χ3v) is 5.26. The summed E-state index contributed by atoms with van der Waals surface area (Å²) >= 11 is 1.98. The second-order valence-electron chi connectivity index (χ2n) is 3.67. The van der Waals surface area contributed by atoms with Crippen molar-refractivity contribution in [1.29, 1.82) is 0 Å². The summed E-state index contributed by atoms with van der Waals surface area (Å²) in [5, 5.41) is 4.52. The summed E-state index contributed by atoms with van der Waals surface area (Å²) in [4.78, 5) is 0. The van der Waals surface area contributed by atoms with E-state index in [4.69, 9.17) is 0 Å². The summed E-state index contributed by atoms with van der Waals surface area (Å²) in [6, 6.07) is 0. The minimum absolute atomic E-state index is 0.330. The zero-order valence-electron chi connectivity index (χ0n) is 8.18. The van der Waals surface area contributed by atoms with Gasteiger partial charge in [-0.05, 0) is 0 Å². The van der Waals surface area contributed by atoms with E-state index in [-0.39, 0.29) is 0 Å². The molecule has 0 bridgehead atoms. The van der Waals surface area contributed by atoms with Crippen LogP contribution in [-0.2, 0) is 9.84 Å². The molecule has 6 heteroatoms. The highest BCUT2D eigenvalue weighted by atomic mass is 32.2. The van der Waals surface area contributed by atoms with E-state index in [9.17, 15) is 8.42 Å². The van der Waals surface area contributed by atoms with Gasteiger partial charge in [-0.2, -0.15) is 11.8 Å². The first-order valence-corrected chi connectivity index (χ1v) is 7.93. The van der Waals surface area contributed by atoms with E-state index in [1.807, 2.05) is 11.8 Å². The summed E-state index contributed by atoms with van der Waals surface area (Å²) in [5.41, 5.74) is 0. The smallest absolute Gasteiger partial charge is 0.152 e. The molecule has 2 heterocycles. The predicted octanol–water partition coefficient (Wildman–Crippen LogP) is -0.319. The molecular weight excluding hydrogens is 220 g/mol. The second kappa shape index (κ2) is 4.38. The third kappa shape index (κ3) is 2.62. The first-order chi connectivity index (χ1) is 6.67. The second-order valence-corrected chi connectivity index (χ2v) is 7.20. The molecule has 0 unspecified atom stereocenters. The molecule has 2 aliphatic heterocycles. The quantitative estimate of drug-likeness (QED) is 0.624. The van der Waals surface area contributed by atoms with Crippen molar-refractivity contribution < 1.29 is 8.42 Å². The van der Waals surface area contributed by atoms with Crippen LogP contribution in [0.15, 0.2) is 0 Å². The van der Waals surface area contributed by atoms with Crippen LogP contribution in [0.5, 0.6) is 0 Å². The van der Waals surface area contributed by atoms with E-state index in [0.717, 1.165) is 13.1 Å². The molecule has 0 aliphatic carbocycles. The number of nitrogens with zero attached hydrogens (tertiary/aromatic N) is 2. The average molecular weight is 236 g/mol. The molecule has 0 aromatic heterocycles. The lowest BCUT2D eigenvalue weighted by atomic mass is 10.5. The van der Waals surface area contributed by atoms with Crippen molar-refractivity contribution in [3.63, 3.8) is 0 Å². The van der Waals surface area contributed by atoms with Crippen LogP contribution < -0.4 is 0 Å². The normalized spacial score (nSPS) is 30.3. The number of hydrogen-bond acceptors (Lipinski definition) is 5. The molecule has 0 aromatic rings. The van der Waals surface area contributed by atoms with Crippen LogP contribution in [0.3, 0.4) is 0 Å². The Balaban J connectivity index is 1.88. The number of sulfone groups is 1. The highest BCUT2D eigenvalue weighted by Gasteiger charge is 2.26. The summed E-state index contributed by atoms with van der Waals surface area (Å²) in [6.45, 7) is 3.52. The number of rotatable bonds is 1. The molecule has 82 valence electrons. The molecule has 2 rings (SSSR count).